The Morgan fingerprint density at radius 1 is 0.875 bits per heavy atom. The largest absolute Gasteiger partial charge is 0.469 e. The van der Waals surface area contributed by atoms with Gasteiger partial charge in [-0.25, -0.2) is 8.42 Å². The monoisotopic (exact) mass is 451 g/mol. The van der Waals surface area contributed by atoms with Gasteiger partial charge in [0.15, 0.2) is 5.78 Å². The standard InChI is InChI=1S/C25H25NO5S/c1-18-13-15-21(16-14-18)32(29,30)26-24(25(28)20-11-7-4-8-12-20)22(17-23(27)31-2)19-9-5-3-6-10-19/h3-16,22,24,26H,17H2,1-2H3/t22-,24-/m0/s1. The second-order valence-corrected chi connectivity index (χ2v) is 9.15. The zero-order chi connectivity index (χ0) is 23.1. The van der Waals surface area contributed by atoms with Crippen LogP contribution in [0.3, 0.4) is 0 Å². The summed E-state index contributed by atoms with van der Waals surface area (Å²) in [5, 5.41) is 0. The number of ketones is 1. The van der Waals surface area contributed by atoms with Gasteiger partial charge in [-0.15, -0.1) is 0 Å². The fourth-order valence-electron chi connectivity index (χ4n) is 3.44. The average Bonchev–Trinajstić information content (AvgIpc) is 2.82. The Kier molecular flexibility index (Phi) is 7.56. The lowest BCUT2D eigenvalue weighted by Crippen LogP contribution is -2.45. The molecular formula is C25H25NO5S. The second-order valence-electron chi connectivity index (χ2n) is 7.44. The fourth-order valence-corrected chi connectivity index (χ4v) is 4.68. The molecule has 0 bridgehead atoms. The third kappa shape index (κ3) is 5.69. The van der Waals surface area contributed by atoms with Crippen molar-refractivity contribution in [2.45, 2.75) is 30.2 Å². The number of nitrogens with one attached hydrogen (secondary N) is 1. The molecule has 0 heterocycles. The highest BCUT2D eigenvalue weighted by Crippen LogP contribution is 2.28. The van der Waals surface area contributed by atoms with E-state index in [0.717, 1.165) is 5.56 Å². The van der Waals surface area contributed by atoms with E-state index >= 15 is 0 Å². The Labute approximate surface area is 188 Å². The average molecular weight is 452 g/mol. The van der Waals surface area contributed by atoms with Gasteiger partial charge in [-0.2, -0.15) is 4.72 Å². The molecule has 0 unspecified atom stereocenters. The predicted molar refractivity (Wildman–Crippen MR) is 122 cm³/mol. The van der Waals surface area contributed by atoms with E-state index in [1.165, 1.54) is 19.2 Å². The van der Waals surface area contributed by atoms with Crippen LogP contribution in [0.5, 0.6) is 0 Å². The number of esters is 1. The van der Waals surface area contributed by atoms with Crippen LogP contribution in [-0.2, 0) is 19.6 Å². The van der Waals surface area contributed by atoms with Crippen molar-refractivity contribution in [2.75, 3.05) is 7.11 Å². The lowest BCUT2D eigenvalue weighted by molar-refractivity contribution is -0.141. The van der Waals surface area contributed by atoms with E-state index in [2.05, 4.69) is 4.72 Å². The van der Waals surface area contributed by atoms with Crippen LogP contribution >= 0.6 is 0 Å². The fraction of sp³-hybridized carbons (Fsp3) is 0.200. The van der Waals surface area contributed by atoms with Gasteiger partial charge < -0.3 is 4.74 Å². The molecule has 2 atom stereocenters. The van der Waals surface area contributed by atoms with E-state index in [0.29, 0.717) is 11.1 Å². The van der Waals surface area contributed by atoms with Crippen LogP contribution in [0.4, 0.5) is 0 Å². The first-order chi connectivity index (χ1) is 15.3. The summed E-state index contributed by atoms with van der Waals surface area (Å²) >= 11 is 0. The molecule has 0 aromatic heterocycles. The van der Waals surface area contributed by atoms with Gasteiger partial charge in [-0.1, -0.05) is 78.4 Å². The van der Waals surface area contributed by atoms with Crippen molar-refractivity contribution in [3.8, 4) is 0 Å². The lowest BCUT2D eigenvalue weighted by atomic mass is 9.85. The Hall–Kier alpha value is -3.29. The Balaban J connectivity index is 2.08. The number of carbonyl (C=O) groups excluding carboxylic acids is 2. The zero-order valence-electron chi connectivity index (χ0n) is 17.9. The SMILES string of the molecule is COC(=O)C[C@@H](c1ccccc1)[C@H](NS(=O)(=O)c1ccc(C)cc1)C(=O)c1ccccc1. The molecule has 3 aromatic rings. The number of aryl methyl sites for hydroxylation is 1. The smallest absolute Gasteiger partial charge is 0.306 e. The number of hydrogen-bond donors (Lipinski definition) is 1. The van der Waals surface area contributed by atoms with Crippen molar-refractivity contribution in [1.82, 2.24) is 4.72 Å². The maximum atomic E-state index is 13.5. The van der Waals surface area contributed by atoms with Crippen LogP contribution in [0, 0.1) is 6.92 Å². The van der Waals surface area contributed by atoms with Gasteiger partial charge >= 0.3 is 5.97 Å². The Morgan fingerprint density at radius 3 is 2.00 bits per heavy atom. The molecule has 166 valence electrons. The molecule has 0 radical (unpaired) electrons. The van der Waals surface area contributed by atoms with Gasteiger partial charge in [0.2, 0.25) is 10.0 Å². The minimum Gasteiger partial charge on any atom is -0.469 e. The molecule has 0 fully saturated rings. The number of ether oxygens (including phenoxy) is 1. The summed E-state index contributed by atoms with van der Waals surface area (Å²) in [6, 6.07) is 22.4. The van der Waals surface area contributed by atoms with Gasteiger partial charge in [0, 0.05) is 11.5 Å². The van der Waals surface area contributed by atoms with Crippen molar-refractivity contribution in [3.05, 3.63) is 102 Å². The third-order valence-electron chi connectivity index (χ3n) is 5.20. The topological polar surface area (TPSA) is 89.5 Å². The molecule has 6 nitrogen and oxygen atoms in total. The van der Waals surface area contributed by atoms with Crippen LogP contribution in [0.1, 0.15) is 33.8 Å². The van der Waals surface area contributed by atoms with E-state index in [1.807, 2.05) is 13.0 Å². The van der Waals surface area contributed by atoms with Crippen molar-refractivity contribution in [3.63, 3.8) is 0 Å². The molecule has 32 heavy (non-hydrogen) atoms. The van der Waals surface area contributed by atoms with Crippen LogP contribution in [0.2, 0.25) is 0 Å². The summed E-state index contributed by atoms with van der Waals surface area (Å²) in [7, 11) is -2.79. The van der Waals surface area contributed by atoms with Crippen LogP contribution in [0.15, 0.2) is 89.8 Å². The molecule has 0 saturated heterocycles. The van der Waals surface area contributed by atoms with Crippen LogP contribution in [-0.4, -0.2) is 33.3 Å². The van der Waals surface area contributed by atoms with Gasteiger partial charge in [0.25, 0.3) is 0 Å². The van der Waals surface area contributed by atoms with Crippen molar-refractivity contribution >= 4 is 21.8 Å². The first-order valence-corrected chi connectivity index (χ1v) is 11.6. The summed E-state index contributed by atoms with van der Waals surface area (Å²) in [6.45, 7) is 1.85. The van der Waals surface area contributed by atoms with Crippen molar-refractivity contribution in [1.29, 1.82) is 0 Å². The maximum Gasteiger partial charge on any atom is 0.306 e. The molecule has 0 amide bonds. The van der Waals surface area contributed by atoms with Crippen LogP contribution < -0.4 is 4.72 Å². The first kappa shape index (κ1) is 23.4. The van der Waals surface area contributed by atoms with Gasteiger partial charge in [-0.05, 0) is 24.6 Å². The number of rotatable bonds is 9. The summed E-state index contributed by atoms with van der Waals surface area (Å²) in [5.41, 5.74) is 1.91. The predicted octanol–water partition coefficient (Wildman–Crippen LogP) is 3.87. The molecular weight excluding hydrogens is 426 g/mol. The Bertz CT molecular complexity index is 1160. The molecule has 3 rings (SSSR count). The summed E-state index contributed by atoms with van der Waals surface area (Å²) in [4.78, 5) is 25.8. The van der Waals surface area contributed by atoms with Crippen molar-refractivity contribution in [2.24, 2.45) is 0 Å². The third-order valence-corrected chi connectivity index (χ3v) is 6.66. The molecule has 0 saturated carbocycles. The van der Waals surface area contributed by atoms with Crippen molar-refractivity contribution < 1.29 is 22.7 Å². The molecule has 3 aromatic carbocycles. The highest BCUT2D eigenvalue weighted by molar-refractivity contribution is 7.89. The second kappa shape index (κ2) is 10.3. The molecule has 0 aliphatic heterocycles. The maximum absolute atomic E-state index is 13.5. The minimum absolute atomic E-state index is 0.0406. The number of benzene rings is 3. The quantitative estimate of drug-likeness (QED) is 0.394. The number of methoxy groups -OCH3 is 1. The highest BCUT2D eigenvalue weighted by Gasteiger charge is 2.35. The van der Waals surface area contributed by atoms with Gasteiger partial charge in [-0.3, -0.25) is 9.59 Å². The highest BCUT2D eigenvalue weighted by atomic mass is 32.2. The molecule has 7 heteroatoms. The van der Waals surface area contributed by atoms with E-state index in [4.69, 9.17) is 4.74 Å². The molecule has 0 aliphatic rings. The van der Waals surface area contributed by atoms with E-state index in [-0.39, 0.29) is 11.3 Å². The van der Waals surface area contributed by atoms with E-state index < -0.39 is 33.7 Å². The first-order valence-electron chi connectivity index (χ1n) is 10.1. The number of hydrogen-bond acceptors (Lipinski definition) is 5. The molecule has 0 spiro atoms. The molecule has 1 N–H and O–H groups in total. The van der Waals surface area contributed by atoms with E-state index in [1.54, 1.807) is 66.7 Å². The summed E-state index contributed by atoms with van der Waals surface area (Å²) in [5.74, 6) is -1.74. The molecule has 0 aliphatic carbocycles. The van der Waals surface area contributed by atoms with E-state index in [9.17, 15) is 18.0 Å². The van der Waals surface area contributed by atoms with Gasteiger partial charge in [0.1, 0.15) is 0 Å². The summed E-state index contributed by atoms with van der Waals surface area (Å²) in [6.07, 6.45) is -0.166. The normalized spacial score (nSPS) is 13.2. The van der Waals surface area contributed by atoms with Crippen LogP contribution in [0.25, 0.3) is 0 Å². The number of Topliss-reactive ketones (excluding diaryl/α,β-unsaturated/α-hetero) is 1. The lowest BCUT2D eigenvalue weighted by Gasteiger charge is -2.27. The Morgan fingerprint density at radius 2 is 1.44 bits per heavy atom. The number of carbonyl (C=O) groups is 2. The zero-order valence-corrected chi connectivity index (χ0v) is 18.7. The summed E-state index contributed by atoms with van der Waals surface area (Å²) < 4.78 is 33.8. The minimum atomic E-state index is -4.05. The number of sulfonamides is 1. The van der Waals surface area contributed by atoms with Gasteiger partial charge in [0.05, 0.1) is 24.5 Å².